The van der Waals surface area contributed by atoms with Gasteiger partial charge in [-0.2, -0.15) is 0 Å². The van der Waals surface area contributed by atoms with Gasteiger partial charge in [0.15, 0.2) is 5.54 Å². The maximum absolute atomic E-state index is 11.8. The quantitative estimate of drug-likeness (QED) is 0.647. The molecule has 1 aliphatic rings. The number of nitrogens with zero attached hydrogens (tertiary/aromatic N) is 1. The van der Waals surface area contributed by atoms with Crippen LogP contribution < -0.4 is 5.32 Å². The maximum atomic E-state index is 11.8. The number of amides is 3. The van der Waals surface area contributed by atoms with Crippen molar-refractivity contribution >= 4 is 29.8 Å². The highest BCUT2D eigenvalue weighted by Crippen LogP contribution is 2.34. The van der Waals surface area contributed by atoms with Crippen molar-refractivity contribution in [3.63, 3.8) is 0 Å². The molecule has 5 heteroatoms. The van der Waals surface area contributed by atoms with Gasteiger partial charge in [0.05, 0.1) is 0 Å². The Labute approximate surface area is 104 Å². The van der Waals surface area contributed by atoms with E-state index in [0.29, 0.717) is 5.56 Å². The van der Waals surface area contributed by atoms with Crippen LogP contribution in [0.1, 0.15) is 18.1 Å². The molecular weight excluding hydrogens is 240 g/mol. The number of nitrogens with one attached hydrogen (secondary N) is 1. The van der Waals surface area contributed by atoms with Gasteiger partial charge in [0, 0.05) is 11.8 Å². The first kappa shape index (κ1) is 11.7. The molecule has 1 atom stereocenters. The SMILES string of the molecule is C=Cc1ccc(C2(C)C(=O)NC(=O)N2Cl)cc1. The minimum absolute atomic E-state index is 0.427. The Balaban J connectivity index is 2.47. The third-order valence-electron chi connectivity index (χ3n) is 2.94. The van der Waals surface area contributed by atoms with Crippen molar-refractivity contribution in [3.05, 3.63) is 42.0 Å². The molecule has 0 aromatic heterocycles. The molecule has 0 saturated carbocycles. The molecule has 1 unspecified atom stereocenters. The van der Waals surface area contributed by atoms with Crippen molar-refractivity contribution in [3.8, 4) is 0 Å². The summed E-state index contributed by atoms with van der Waals surface area (Å²) in [6, 6.07) is 6.53. The van der Waals surface area contributed by atoms with E-state index in [1.807, 2.05) is 12.1 Å². The van der Waals surface area contributed by atoms with Gasteiger partial charge in [-0.25, -0.2) is 9.21 Å². The molecule has 1 N–H and O–H groups in total. The van der Waals surface area contributed by atoms with Crippen LogP contribution in [0.3, 0.4) is 0 Å². The molecule has 4 nitrogen and oxygen atoms in total. The van der Waals surface area contributed by atoms with Crippen LogP contribution in [0, 0.1) is 0 Å². The van der Waals surface area contributed by atoms with Gasteiger partial charge in [0.25, 0.3) is 5.91 Å². The summed E-state index contributed by atoms with van der Waals surface area (Å²) in [5, 5.41) is 2.18. The van der Waals surface area contributed by atoms with Crippen molar-refractivity contribution in [2.24, 2.45) is 0 Å². The zero-order valence-corrected chi connectivity index (χ0v) is 9.99. The lowest BCUT2D eigenvalue weighted by Gasteiger charge is -2.26. The number of carbonyl (C=O) groups excluding carboxylic acids is 2. The first-order valence-electron chi connectivity index (χ1n) is 5.04. The predicted molar refractivity (Wildman–Crippen MR) is 65.1 cm³/mol. The lowest BCUT2D eigenvalue weighted by atomic mass is 9.91. The zero-order valence-electron chi connectivity index (χ0n) is 9.24. The largest absolute Gasteiger partial charge is 0.340 e. The Morgan fingerprint density at radius 3 is 2.35 bits per heavy atom. The fourth-order valence-corrected chi connectivity index (χ4v) is 1.96. The molecule has 1 aromatic rings. The van der Waals surface area contributed by atoms with Crippen molar-refractivity contribution in [2.75, 3.05) is 0 Å². The molecular formula is C12H11ClN2O2. The number of carbonyl (C=O) groups is 2. The molecule has 1 aliphatic heterocycles. The second-order valence-corrected chi connectivity index (χ2v) is 4.28. The number of benzene rings is 1. The van der Waals surface area contributed by atoms with Crippen molar-refractivity contribution in [2.45, 2.75) is 12.5 Å². The molecule has 88 valence electrons. The molecule has 0 spiro atoms. The number of imide groups is 1. The summed E-state index contributed by atoms with van der Waals surface area (Å²) in [4.78, 5) is 23.1. The van der Waals surface area contributed by atoms with E-state index in [9.17, 15) is 9.59 Å². The molecule has 0 radical (unpaired) electrons. The average molecular weight is 251 g/mol. The van der Waals surface area contributed by atoms with Crippen molar-refractivity contribution < 1.29 is 9.59 Å². The van der Waals surface area contributed by atoms with Crippen LogP contribution in [0.25, 0.3) is 6.08 Å². The zero-order chi connectivity index (χ0) is 12.6. The summed E-state index contributed by atoms with van der Waals surface area (Å²) < 4.78 is 0.887. The van der Waals surface area contributed by atoms with Gasteiger partial charge >= 0.3 is 6.03 Å². The number of urea groups is 1. The first-order valence-corrected chi connectivity index (χ1v) is 5.38. The predicted octanol–water partition coefficient (Wildman–Crippen LogP) is 2.25. The van der Waals surface area contributed by atoms with E-state index in [4.69, 9.17) is 11.8 Å². The number of halogens is 1. The Morgan fingerprint density at radius 2 is 1.94 bits per heavy atom. The van der Waals surface area contributed by atoms with Gasteiger partial charge in [0.2, 0.25) is 0 Å². The van der Waals surface area contributed by atoms with E-state index in [1.54, 1.807) is 25.1 Å². The lowest BCUT2D eigenvalue weighted by molar-refractivity contribution is -0.125. The van der Waals surface area contributed by atoms with E-state index in [-0.39, 0.29) is 0 Å². The number of hydrogen-bond donors (Lipinski definition) is 1. The normalized spacial score (nSPS) is 23.8. The van der Waals surface area contributed by atoms with Crippen LogP contribution in [0.2, 0.25) is 0 Å². The van der Waals surface area contributed by atoms with Crippen LogP contribution in [-0.4, -0.2) is 16.4 Å². The minimum atomic E-state index is -1.17. The number of hydrogen-bond acceptors (Lipinski definition) is 2. The molecule has 1 heterocycles. The van der Waals surface area contributed by atoms with Crippen LogP contribution in [-0.2, 0) is 10.3 Å². The molecule has 17 heavy (non-hydrogen) atoms. The topological polar surface area (TPSA) is 49.4 Å². The highest BCUT2D eigenvalue weighted by molar-refractivity contribution is 6.28. The molecule has 1 aromatic carbocycles. The summed E-state index contributed by atoms with van der Waals surface area (Å²) in [6.07, 6.45) is 1.70. The van der Waals surface area contributed by atoms with Gasteiger partial charge in [-0.3, -0.25) is 10.1 Å². The Hall–Kier alpha value is -1.81. The first-order chi connectivity index (χ1) is 8.00. The fraction of sp³-hybridized carbons (Fsp3) is 0.167. The summed E-state index contributed by atoms with van der Waals surface area (Å²) in [5.41, 5.74) is 0.419. The van der Waals surface area contributed by atoms with Crippen LogP contribution >= 0.6 is 11.8 Å². The molecule has 2 rings (SSSR count). The van der Waals surface area contributed by atoms with E-state index in [0.717, 1.165) is 9.98 Å². The number of rotatable bonds is 2. The summed E-state index contributed by atoms with van der Waals surface area (Å²) in [7, 11) is 0. The molecule has 0 aliphatic carbocycles. The van der Waals surface area contributed by atoms with Crippen LogP contribution in [0.5, 0.6) is 0 Å². The summed E-state index contributed by atoms with van der Waals surface area (Å²) in [6.45, 7) is 5.25. The maximum Gasteiger partial charge on any atom is 0.340 e. The highest BCUT2D eigenvalue weighted by atomic mass is 35.5. The molecule has 1 fully saturated rings. The fourth-order valence-electron chi connectivity index (χ4n) is 1.75. The van der Waals surface area contributed by atoms with Gasteiger partial charge in [0.1, 0.15) is 0 Å². The second kappa shape index (κ2) is 3.89. The lowest BCUT2D eigenvalue weighted by Crippen LogP contribution is -2.39. The summed E-state index contributed by atoms with van der Waals surface area (Å²) in [5.74, 6) is -0.427. The third-order valence-corrected chi connectivity index (χ3v) is 3.43. The van der Waals surface area contributed by atoms with Gasteiger partial charge < -0.3 is 0 Å². The highest BCUT2D eigenvalue weighted by Gasteiger charge is 2.50. The van der Waals surface area contributed by atoms with E-state index >= 15 is 0 Å². The van der Waals surface area contributed by atoms with E-state index < -0.39 is 17.5 Å². The van der Waals surface area contributed by atoms with Gasteiger partial charge in [-0.1, -0.05) is 36.9 Å². The monoisotopic (exact) mass is 250 g/mol. The molecule has 1 saturated heterocycles. The van der Waals surface area contributed by atoms with E-state index in [2.05, 4.69) is 11.9 Å². The van der Waals surface area contributed by atoms with Crippen molar-refractivity contribution in [1.29, 1.82) is 0 Å². The van der Waals surface area contributed by atoms with Gasteiger partial charge in [-0.15, -0.1) is 0 Å². The standard InChI is InChI=1S/C12H11ClN2O2/c1-3-8-4-6-9(7-5-8)12(2)10(16)14-11(17)15(12)13/h3-7H,1H2,2H3,(H,14,16,17). The Kier molecular flexibility index (Phi) is 2.67. The smallest absolute Gasteiger partial charge is 0.274 e. The average Bonchev–Trinajstić information content (AvgIpc) is 2.54. The van der Waals surface area contributed by atoms with Crippen LogP contribution in [0.4, 0.5) is 4.79 Å². The van der Waals surface area contributed by atoms with E-state index in [1.165, 1.54) is 0 Å². The molecule has 3 amide bonds. The Morgan fingerprint density at radius 1 is 1.35 bits per heavy atom. The summed E-state index contributed by atoms with van der Waals surface area (Å²) >= 11 is 5.85. The van der Waals surface area contributed by atoms with Crippen LogP contribution in [0.15, 0.2) is 30.8 Å². The van der Waals surface area contributed by atoms with Crippen molar-refractivity contribution in [1.82, 2.24) is 9.74 Å². The third kappa shape index (κ3) is 1.61. The minimum Gasteiger partial charge on any atom is -0.274 e. The molecule has 0 bridgehead atoms. The Bertz CT molecular complexity index is 498. The van der Waals surface area contributed by atoms with Gasteiger partial charge in [-0.05, 0) is 18.1 Å². The second-order valence-electron chi connectivity index (χ2n) is 3.94.